The van der Waals surface area contributed by atoms with E-state index in [9.17, 15) is 4.79 Å². The molecule has 0 radical (unpaired) electrons. The second kappa shape index (κ2) is 3.68. The standard InChI is InChI=1S/C11H16N2O2/c1-3-15-10(14)9-7-13(8-12-9)11(2)5-4-6-11/h7-8H,3-6H2,1-2H3. The highest BCUT2D eigenvalue weighted by molar-refractivity contribution is 5.86. The molecule has 1 heterocycles. The van der Waals surface area contributed by atoms with E-state index in [0.717, 1.165) is 12.8 Å². The summed E-state index contributed by atoms with van der Waals surface area (Å²) >= 11 is 0. The monoisotopic (exact) mass is 208 g/mol. The zero-order chi connectivity index (χ0) is 10.9. The van der Waals surface area contributed by atoms with E-state index in [1.165, 1.54) is 6.42 Å². The summed E-state index contributed by atoms with van der Waals surface area (Å²) in [6.45, 7) is 4.37. The topological polar surface area (TPSA) is 44.1 Å². The van der Waals surface area contributed by atoms with E-state index >= 15 is 0 Å². The molecule has 1 aliphatic rings. The number of carbonyl (C=O) groups excluding carboxylic acids is 1. The van der Waals surface area contributed by atoms with Crippen LogP contribution in [0.25, 0.3) is 0 Å². The number of carbonyl (C=O) groups is 1. The number of ether oxygens (including phenoxy) is 1. The quantitative estimate of drug-likeness (QED) is 0.713. The van der Waals surface area contributed by atoms with E-state index in [-0.39, 0.29) is 11.5 Å². The molecule has 0 saturated heterocycles. The predicted molar refractivity (Wildman–Crippen MR) is 55.7 cm³/mol. The Kier molecular flexibility index (Phi) is 2.50. The van der Waals surface area contributed by atoms with Gasteiger partial charge in [-0.15, -0.1) is 0 Å². The normalized spacial score (nSPS) is 18.3. The first-order chi connectivity index (χ1) is 7.15. The van der Waals surface area contributed by atoms with Crippen LogP contribution >= 0.6 is 0 Å². The number of hydrogen-bond acceptors (Lipinski definition) is 3. The third-order valence-corrected chi connectivity index (χ3v) is 3.12. The Hall–Kier alpha value is -1.32. The highest BCUT2D eigenvalue weighted by Crippen LogP contribution is 2.38. The first-order valence-corrected chi connectivity index (χ1v) is 5.37. The minimum absolute atomic E-state index is 0.164. The van der Waals surface area contributed by atoms with Crippen molar-refractivity contribution in [1.29, 1.82) is 0 Å². The summed E-state index contributed by atoms with van der Waals surface area (Å²) in [5.74, 6) is -0.334. The second-order valence-corrected chi connectivity index (χ2v) is 4.24. The number of imidazole rings is 1. The number of rotatable bonds is 3. The van der Waals surface area contributed by atoms with E-state index in [4.69, 9.17) is 4.74 Å². The summed E-state index contributed by atoms with van der Waals surface area (Å²) in [7, 11) is 0. The number of hydrogen-bond donors (Lipinski definition) is 0. The Morgan fingerprint density at radius 1 is 1.67 bits per heavy atom. The number of aromatic nitrogens is 2. The fourth-order valence-electron chi connectivity index (χ4n) is 1.88. The van der Waals surface area contributed by atoms with Crippen LogP contribution < -0.4 is 0 Å². The van der Waals surface area contributed by atoms with Crippen molar-refractivity contribution in [2.45, 2.75) is 38.6 Å². The summed E-state index contributed by atoms with van der Waals surface area (Å²) in [5.41, 5.74) is 0.572. The summed E-state index contributed by atoms with van der Waals surface area (Å²) in [4.78, 5) is 15.5. The maximum Gasteiger partial charge on any atom is 0.358 e. The number of esters is 1. The maximum absolute atomic E-state index is 11.4. The molecule has 1 aromatic rings. The molecule has 1 aliphatic carbocycles. The lowest BCUT2D eigenvalue weighted by Gasteiger charge is -2.39. The van der Waals surface area contributed by atoms with Gasteiger partial charge < -0.3 is 9.30 Å². The maximum atomic E-state index is 11.4. The molecule has 0 aliphatic heterocycles. The average molecular weight is 208 g/mol. The van der Waals surface area contributed by atoms with Crippen molar-refractivity contribution in [3.8, 4) is 0 Å². The van der Waals surface area contributed by atoms with Gasteiger partial charge in [0, 0.05) is 11.7 Å². The second-order valence-electron chi connectivity index (χ2n) is 4.24. The first-order valence-electron chi connectivity index (χ1n) is 5.37. The molecule has 0 amide bonds. The van der Waals surface area contributed by atoms with Crippen molar-refractivity contribution >= 4 is 5.97 Å². The SMILES string of the molecule is CCOC(=O)c1cn(C2(C)CCC2)cn1. The molecule has 1 aromatic heterocycles. The molecule has 1 saturated carbocycles. The van der Waals surface area contributed by atoms with Gasteiger partial charge in [-0.1, -0.05) is 0 Å². The van der Waals surface area contributed by atoms with Crippen molar-refractivity contribution in [3.05, 3.63) is 18.2 Å². The lowest BCUT2D eigenvalue weighted by molar-refractivity contribution is 0.0519. The van der Waals surface area contributed by atoms with Crippen LogP contribution in [0.3, 0.4) is 0 Å². The van der Waals surface area contributed by atoms with Crippen LogP contribution in [-0.4, -0.2) is 22.1 Å². The molecule has 15 heavy (non-hydrogen) atoms. The molecule has 1 fully saturated rings. The Labute approximate surface area is 89.3 Å². The summed E-state index contributed by atoms with van der Waals surface area (Å²) in [6.07, 6.45) is 7.09. The molecule has 0 aromatic carbocycles. The van der Waals surface area contributed by atoms with E-state index in [1.54, 1.807) is 19.4 Å². The third-order valence-electron chi connectivity index (χ3n) is 3.12. The minimum Gasteiger partial charge on any atom is -0.461 e. The smallest absolute Gasteiger partial charge is 0.358 e. The van der Waals surface area contributed by atoms with E-state index in [1.807, 2.05) is 4.57 Å². The zero-order valence-corrected chi connectivity index (χ0v) is 9.19. The van der Waals surface area contributed by atoms with Crippen LogP contribution in [-0.2, 0) is 10.3 Å². The lowest BCUT2D eigenvalue weighted by Crippen LogP contribution is -2.36. The van der Waals surface area contributed by atoms with Crippen molar-refractivity contribution in [2.24, 2.45) is 0 Å². The van der Waals surface area contributed by atoms with Crippen LogP contribution in [0.1, 0.15) is 43.6 Å². The first kappa shape index (κ1) is 10.2. The van der Waals surface area contributed by atoms with Gasteiger partial charge in [0.2, 0.25) is 0 Å². The highest BCUT2D eigenvalue weighted by Gasteiger charge is 2.33. The molecule has 0 N–H and O–H groups in total. The van der Waals surface area contributed by atoms with Crippen molar-refractivity contribution in [2.75, 3.05) is 6.61 Å². The van der Waals surface area contributed by atoms with E-state index in [0.29, 0.717) is 12.3 Å². The lowest BCUT2D eigenvalue weighted by atomic mass is 9.78. The molecule has 0 spiro atoms. The molecule has 4 nitrogen and oxygen atoms in total. The Bertz CT molecular complexity index is 366. The molecular formula is C11H16N2O2. The van der Waals surface area contributed by atoms with Crippen molar-refractivity contribution in [3.63, 3.8) is 0 Å². The molecule has 0 bridgehead atoms. The van der Waals surface area contributed by atoms with Gasteiger partial charge in [-0.25, -0.2) is 9.78 Å². The summed E-state index contributed by atoms with van der Waals surface area (Å²) in [6, 6.07) is 0. The molecular weight excluding hydrogens is 192 g/mol. The largest absolute Gasteiger partial charge is 0.461 e. The molecule has 82 valence electrons. The number of nitrogens with zero attached hydrogens (tertiary/aromatic N) is 2. The van der Waals surface area contributed by atoms with E-state index < -0.39 is 0 Å². The molecule has 0 atom stereocenters. The fraction of sp³-hybridized carbons (Fsp3) is 0.636. The van der Waals surface area contributed by atoms with Crippen LogP contribution in [0.4, 0.5) is 0 Å². The Morgan fingerprint density at radius 3 is 2.93 bits per heavy atom. The van der Waals surface area contributed by atoms with E-state index in [2.05, 4.69) is 11.9 Å². The summed E-state index contributed by atoms with van der Waals surface area (Å²) < 4.78 is 6.92. The molecule has 2 rings (SSSR count). The van der Waals surface area contributed by atoms with Gasteiger partial charge in [-0.2, -0.15) is 0 Å². The van der Waals surface area contributed by atoms with Crippen LogP contribution in [0.2, 0.25) is 0 Å². The zero-order valence-electron chi connectivity index (χ0n) is 9.19. The van der Waals surface area contributed by atoms with Gasteiger partial charge in [-0.05, 0) is 33.1 Å². The molecule has 4 heteroatoms. The summed E-state index contributed by atoms with van der Waals surface area (Å²) in [5, 5.41) is 0. The van der Waals surface area contributed by atoms with Crippen molar-refractivity contribution < 1.29 is 9.53 Å². The van der Waals surface area contributed by atoms with Gasteiger partial charge >= 0.3 is 5.97 Å². The molecule has 0 unspecified atom stereocenters. The van der Waals surface area contributed by atoms with Gasteiger partial charge in [0.15, 0.2) is 5.69 Å². The highest BCUT2D eigenvalue weighted by atomic mass is 16.5. The van der Waals surface area contributed by atoms with Crippen LogP contribution in [0, 0.1) is 0 Å². The van der Waals surface area contributed by atoms with Gasteiger partial charge in [0.25, 0.3) is 0 Å². The predicted octanol–water partition coefficient (Wildman–Crippen LogP) is 1.96. The van der Waals surface area contributed by atoms with Crippen molar-refractivity contribution in [1.82, 2.24) is 9.55 Å². The minimum atomic E-state index is -0.334. The van der Waals surface area contributed by atoms with Gasteiger partial charge in [-0.3, -0.25) is 0 Å². The fourth-order valence-corrected chi connectivity index (χ4v) is 1.88. The third kappa shape index (κ3) is 1.76. The Morgan fingerprint density at radius 2 is 2.40 bits per heavy atom. The average Bonchev–Trinajstić information content (AvgIpc) is 2.63. The van der Waals surface area contributed by atoms with Crippen LogP contribution in [0.5, 0.6) is 0 Å². The van der Waals surface area contributed by atoms with Gasteiger partial charge in [0.1, 0.15) is 0 Å². The van der Waals surface area contributed by atoms with Crippen LogP contribution in [0.15, 0.2) is 12.5 Å². The Balaban J connectivity index is 2.13. The van der Waals surface area contributed by atoms with Gasteiger partial charge in [0.05, 0.1) is 12.9 Å².